The van der Waals surface area contributed by atoms with Crippen molar-refractivity contribution in [2.75, 3.05) is 0 Å². The van der Waals surface area contributed by atoms with Gasteiger partial charge in [0.25, 0.3) is 5.89 Å². The zero-order valence-corrected chi connectivity index (χ0v) is 9.98. The lowest BCUT2D eigenvalue weighted by molar-refractivity contribution is 0.417. The maximum atomic E-state index is 9.75. The lowest BCUT2D eigenvalue weighted by Crippen LogP contribution is -1.84. The fourth-order valence-corrected chi connectivity index (χ4v) is 2.03. The van der Waals surface area contributed by atoms with Gasteiger partial charge in [0.05, 0.1) is 5.56 Å². The Kier molecular flexibility index (Phi) is 2.33. The van der Waals surface area contributed by atoms with Crippen molar-refractivity contribution in [2.24, 2.45) is 5.92 Å². The minimum absolute atomic E-state index is 0.0524. The molecule has 1 aromatic carbocycles. The van der Waals surface area contributed by atoms with Crippen LogP contribution in [0.25, 0.3) is 11.5 Å². The van der Waals surface area contributed by atoms with Gasteiger partial charge in [-0.3, -0.25) is 0 Å². The van der Waals surface area contributed by atoms with E-state index in [0.717, 1.165) is 12.2 Å². The first-order chi connectivity index (χ1) is 8.15. The molecule has 88 valence electrons. The lowest BCUT2D eigenvalue weighted by atomic mass is 10.2. The van der Waals surface area contributed by atoms with Crippen LogP contribution in [0, 0.1) is 5.92 Å². The van der Waals surface area contributed by atoms with Crippen LogP contribution in [0.4, 0.5) is 0 Å². The van der Waals surface area contributed by atoms with E-state index in [4.69, 9.17) is 16.1 Å². The Morgan fingerprint density at radius 1 is 1.47 bits per heavy atom. The van der Waals surface area contributed by atoms with Gasteiger partial charge in [-0.1, -0.05) is 23.7 Å². The molecular weight excluding hydrogens is 240 g/mol. The summed E-state index contributed by atoms with van der Waals surface area (Å²) in [6.07, 6.45) is 1.10. The zero-order valence-electron chi connectivity index (χ0n) is 9.22. The second-order valence-electron chi connectivity index (χ2n) is 4.44. The van der Waals surface area contributed by atoms with Crippen molar-refractivity contribution >= 4 is 11.6 Å². The summed E-state index contributed by atoms with van der Waals surface area (Å²) >= 11 is 5.76. The molecule has 1 N–H and O–H groups in total. The maximum Gasteiger partial charge on any atom is 0.261 e. The highest BCUT2D eigenvalue weighted by atomic mass is 35.5. The van der Waals surface area contributed by atoms with Crippen LogP contribution in [0.15, 0.2) is 22.7 Å². The first-order valence-corrected chi connectivity index (χ1v) is 5.85. The van der Waals surface area contributed by atoms with E-state index in [2.05, 4.69) is 17.1 Å². The molecule has 0 saturated heterocycles. The van der Waals surface area contributed by atoms with Gasteiger partial charge in [0.1, 0.15) is 5.75 Å². The molecule has 1 fully saturated rings. The molecule has 3 rings (SSSR count). The number of nitrogens with zero attached hydrogens (tertiary/aromatic N) is 2. The monoisotopic (exact) mass is 250 g/mol. The van der Waals surface area contributed by atoms with Crippen LogP contribution in [0.3, 0.4) is 0 Å². The normalized spacial score (nSPS) is 22.7. The summed E-state index contributed by atoms with van der Waals surface area (Å²) in [6, 6.07) is 4.81. The predicted molar refractivity (Wildman–Crippen MR) is 62.9 cm³/mol. The summed E-state index contributed by atoms with van der Waals surface area (Å²) in [5, 5.41) is 14.2. The van der Waals surface area contributed by atoms with Crippen molar-refractivity contribution in [3.8, 4) is 17.2 Å². The van der Waals surface area contributed by atoms with Crippen LogP contribution >= 0.6 is 11.6 Å². The summed E-state index contributed by atoms with van der Waals surface area (Å²) in [5.41, 5.74) is 0.515. The van der Waals surface area contributed by atoms with Crippen LogP contribution in [0.1, 0.15) is 25.1 Å². The van der Waals surface area contributed by atoms with E-state index >= 15 is 0 Å². The molecule has 4 nitrogen and oxygen atoms in total. The zero-order chi connectivity index (χ0) is 12.0. The van der Waals surface area contributed by atoms with Gasteiger partial charge in [0.2, 0.25) is 0 Å². The Hall–Kier alpha value is -1.55. The molecule has 1 saturated carbocycles. The molecule has 5 heteroatoms. The average Bonchev–Trinajstić information content (AvgIpc) is 2.83. The van der Waals surface area contributed by atoms with E-state index in [-0.39, 0.29) is 5.75 Å². The van der Waals surface area contributed by atoms with Crippen LogP contribution in [-0.4, -0.2) is 15.2 Å². The van der Waals surface area contributed by atoms with Gasteiger partial charge >= 0.3 is 0 Å². The van der Waals surface area contributed by atoms with Gasteiger partial charge < -0.3 is 9.63 Å². The Bertz CT molecular complexity index is 567. The number of phenols is 1. The molecule has 0 bridgehead atoms. The standard InChI is InChI=1S/C12H11ClN2O2/c1-6-4-9(6)11-14-12(17-15-11)8-3-2-7(13)5-10(8)16/h2-3,5-6,9,16H,4H2,1H3. The molecular formula is C12H11ClN2O2. The SMILES string of the molecule is CC1CC1c1noc(-c2ccc(Cl)cc2O)n1. The molecule has 17 heavy (non-hydrogen) atoms. The summed E-state index contributed by atoms with van der Waals surface area (Å²) in [6.45, 7) is 2.15. The third kappa shape index (κ3) is 1.89. The largest absolute Gasteiger partial charge is 0.507 e. The van der Waals surface area contributed by atoms with E-state index in [1.165, 1.54) is 6.07 Å². The van der Waals surface area contributed by atoms with E-state index < -0.39 is 0 Å². The number of benzene rings is 1. The summed E-state index contributed by atoms with van der Waals surface area (Å²) in [7, 11) is 0. The minimum Gasteiger partial charge on any atom is -0.507 e. The molecule has 1 heterocycles. The Morgan fingerprint density at radius 2 is 2.24 bits per heavy atom. The highest BCUT2D eigenvalue weighted by Gasteiger charge is 2.38. The van der Waals surface area contributed by atoms with Crippen molar-refractivity contribution in [2.45, 2.75) is 19.3 Å². The summed E-state index contributed by atoms with van der Waals surface area (Å²) < 4.78 is 5.16. The highest BCUT2D eigenvalue weighted by Crippen LogP contribution is 2.46. The van der Waals surface area contributed by atoms with Crippen molar-refractivity contribution < 1.29 is 9.63 Å². The van der Waals surface area contributed by atoms with Gasteiger partial charge in [-0.25, -0.2) is 0 Å². The second-order valence-corrected chi connectivity index (χ2v) is 4.88. The first-order valence-electron chi connectivity index (χ1n) is 5.47. The smallest absolute Gasteiger partial charge is 0.261 e. The number of aromatic hydroxyl groups is 1. The summed E-state index contributed by atoms with van der Waals surface area (Å²) in [4.78, 5) is 4.30. The number of aromatic nitrogens is 2. The van der Waals surface area contributed by atoms with Crippen molar-refractivity contribution in [1.29, 1.82) is 0 Å². The van der Waals surface area contributed by atoms with Crippen LogP contribution in [0.5, 0.6) is 5.75 Å². The van der Waals surface area contributed by atoms with Gasteiger partial charge in [0.15, 0.2) is 5.82 Å². The molecule has 1 aliphatic rings. The fourth-order valence-electron chi connectivity index (χ4n) is 1.86. The molecule has 2 unspecified atom stereocenters. The van der Waals surface area contributed by atoms with Crippen LogP contribution < -0.4 is 0 Å². The summed E-state index contributed by atoms with van der Waals surface area (Å²) in [5.74, 6) is 2.15. The third-order valence-electron chi connectivity index (χ3n) is 3.07. The number of phenolic OH excluding ortho intramolecular Hbond substituents is 1. The number of halogens is 1. The van der Waals surface area contributed by atoms with Gasteiger partial charge in [0, 0.05) is 10.9 Å². The lowest BCUT2D eigenvalue weighted by Gasteiger charge is -1.98. The van der Waals surface area contributed by atoms with E-state index in [1.54, 1.807) is 12.1 Å². The molecule has 1 aliphatic carbocycles. The molecule has 1 aromatic heterocycles. The molecule has 2 atom stereocenters. The van der Waals surface area contributed by atoms with Gasteiger partial charge in [-0.2, -0.15) is 4.98 Å². The maximum absolute atomic E-state index is 9.75. The van der Waals surface area contributed by atoms with Crippen LogP contribution in [-0.2, 0) is 0 Å². The average molecular weight is 251 g/mol. The number of hydrogen-bond acceptors (Lipinski definition) is 4. The molecule has 0 spiro atoms. The van der Waals surface area contributed by atoms with Gasteiger partial charge in [-0.05, 0) is 30.5 Å². The fraction of sp³-hybridized carbons (Fsp3) is 0.333. The molecule has 2 aromatic rings. The third-order valence-corrected chi connectivity index (χ3v) is 3.31. The highest BCUT2D eigenvalue weighted by molar-refractivity contribution is 6.30. The quantitative estimate of drug-likeness (QED) is 0.889. The van der Waals surface area contributed by atoms with Gasteiger partial charge in [-0.15, -0.1) is 0 Å². The van der Waals surface area contributed by atoms with Crippen molar-refractivity contribution in [3.63, 3.8) is 0 Å². The Morgan fingerprint density at radius 3 is 2.88 bits per heavy atom. The molecule has 0 radical (unpaired) electrons. The molecule has 0 amide bonds. The van der Waals surface area contributed by atoms with Crippen LogP contribution in [0.2, 0.25) is 5.02 Å². The minimum atomic E-state index is 0.0524. The molecule has 0 aliphatic heterocycles. The van der Waals surface area contributed by atoms with E-state index in [0.29, 0.717) is 28.3 Å². The first kappa shape index (κ1) is 10.6. The van der Waals surface area contributed by atoms with Crippen molar-refractivity contribution in [3.05, 3.63) is 29.0 Å². The van der Waals surface area contributed by atoms with E-state index in [1.807, 2.05) is 0 Å². The van der Waals surface area contributed by atoms with E-state index in [9.17, 15) is 5.11 Å². The number of rotatable bonds is 2. The Balaban J connectivity index is 1.95. The number of hydrogen-bond donors (Lipinski definition) is 1. The second kappa shape index (κ2) is 3.74. The topological polar surface area (TPSA) is 59.2 Å². The van der Waals surface area contributed by atoms with Crippen molar-refractivity contribution in [1.82, 2.24) is 10.1 Å². The predicted octanol–water partition coefficient (Wildman–Crippen LogP) is 3.22. The Labute approximate surface area is 103 Å².